The molecule has 1 heterocycles. The number of aliphatic carboxylic acids is 1. The Bertz CT molecular complexity index is 1300. The van der Waals surface area contributed by atoms with Crippen LogP contribution in [0.5, 0.6) is 11.5 Å². The molecule has 0 aliphatic heterocycles. The summed E-state index contributed by atoms with van der Waals surface area (Å²) in [7, 11) is 0. The number of aromatic nitrogens is 1. The van der Waals surface area contributed by atoms with Crippen LogP contribution in [-0.4, -0.2) is 15.6 Å². The second-order valence-corrected chi connectivity index (χ2v) is 10.1. The predicted octanol–water partition coefficient (Wildman–Crippen LogP) is 7.91. The van der Waals surface area contributed by atoms with Gasteiger partial charge in [-0.3, -0.25) is 4.79 Å². The van der Waals surface area contributed by atoms with Crippen molar-refractivity contribution in [2.24, 2.45) is 5.41 Å². The Balaban J connectivity index is 1.96. The first-order chi connectivity index (χ1) is 16.2. The number of carbonyl (C=O) groups is 1. The minimum Gasteiger partial charge on any atom is -0.481 e. The standard InChI is InChI=1S/C29H30ClNO3/c1-19(2)21-12-15-25-24(16-21)27(34-23-8-6-5-7-9-23)26(17-29(3,4)28(32)33)31(25)18-20-10-13-22(30)14-11-20/h5-16,19H,17-18H2,1-4H3,(H,32,33). The van der Waals surface area contributed by atoms with Crippen LogP contribution >= 0.6 is 11.6 Å². The first-order valence-corrected chi connectivity index (χ1v) is 11.9. The van der Waals surface area contributed by atoms with Gasteiger partial charge in [0.05, 0.1) is 16.6 Å². The maximum absolute atomic E-state index is 12.1. The van der Waals surface area contributed by atoms with E-state index >= 15 is 0 Å². The summed E-state index contributed by atoms with van der Waals surface area (Å²) in [5, 5.41) is 11.6. The van der Waals surface area contributed by atoms with Gasteiger partial charge in [-0.1, -0.05) is 61.8 Å². The second kappa shape index (κ2) is 9.55. The quantitative estimate of drug-likeness (QED) is 0.281. The number of carboxylic acid groups (broad SMARTS) is 1. The van der Waals surface area contributed by atoms with Gasteiger partial charge in [-0.05, 0) is 67.3 Å². The van der Waals surface area contributed by atoms with Crippen molar-refractivity contribution >= 4 is 28.5 Å². The van der Waals surface area contributed by atoms with Gasteiger partial charge in [0.25, 0.3) is 0 Å². The molecule has 0 unspecified atom stereocenters. The van der Waals surface area contributed by atoms with Crippen molar-refractivity contribution in [3.63, 3.8) is 0 Å². The number of para-hydroxylation sites is 1. The van der Waals surface area contributed by atoms with E-state index < -0.39 is 11.4 Å². The number of ether oxygens (including phenoxy) is 1. The van der Waals surface area contributed by atoms with Crippen LogP contribution in [0.1, 0.15) is 50.4 Å². The molecule has 1 aromatic heterocycles. The fourth-order valence-electron chi connectivity index (χ4n) is 4.10. The fourth-order valence-corrected chi connectivity index (χ4v) is 4.22. The van der Waals surface area contributed by atoms with E-state index in [4.69, 9.17) is 16.3 Å². The van der Waals surface area contributed by atoms with Gasteiger partial charge in [0, 0.05) is 23.4 Å². The molecule has 0 saturated carbocycles. The average Bonchev–Trinajstić information content (AvgIpc) is 3.07. The van der Waals surface area contributed by atoms with E-state index in [0.29, 0.717) is 29.7 Å². The Hall–Kier alpha value is -3.24. The number of hydrogen-bond donors (Lipinski definition) is 1. The third-order valence-electron chi connectivity index (χ3n) is 6.22. The van der Waals surface area contributed by atoms with Crippen molar-refractivity contribution in [2.45, 2.75) is 46.6 Å². The first kappa shape index (κ1) is 23.9. The third kappa shape index (κ3) is 4.97. The van der Waals surface area contributed by atoms with E-state index in [1.165, 1.54) is 5.56 Å². The third-order valence-corrected chi connectivity index (χ3v) is 6.47. The number of rotatable bonds is 8. The summed E-state index contributed by atoms with van der Waals surface area (Å²) >= 11 is 6.11. The number of carboxylic acids is 1. The molecule has 5 heteroatoms. The lowest BCUT2D eigenvalue weighted by atomic mass is 9.87. The molecule has 3 aromatic carbocycles. The van der Waals surface area contributed by atoms with Crippen molar-refractivity contribution < 1.29 is 14.6 Å². The molecule has 0 radical (unpaired) electrons. The summed E-state index contributed by atoms with van der Waals surface area (Å²) in [6.07, 6.45) is 0.323. The number of benzene rings is 3. The van der Waals surface area contributed by atoms with Crippen LogP contribution in [-0.2, 0) is 17.8 Å². The molecule has 34 heavy (non-hydrogen) atoms. The maximum Gasteiger partial charge on any atom is 0.309 e. The normalized spacial score (nSPS) is 11.8. The van der Waals surface area contributed by atoms with Crippen molar-refractivity contribution in [1.29, 1.82) is 0 Å². The van der Waals surface area contributed by atoms with Crippen LogP contribution in [0.25, 0.3) is 10.9 Å². The minimum absolute atomic E-state index is 0.323. The molecule has 1 N–H and O–H groups in total. The number of nitrogens with zero attached hydrogens (tertiary/aromatic N) is 1. The summed E-state index contributed by atoms with van der Waals surface area (Å²) < 4.78 is 8.67. The van der Waals surface area contributed by atoms with Crippen LogP contribution in [0.15, 0.2) is 72.8 Å². The van der Waals surface area contributed by atoms with Crippen molar-refractivity contribution in [2.75, 3.05) is 0 Å². The Labute approximate surface area is 205 Å². The lowest BCUT2D eigenvalue weighted by Crippen LogP contribution is -2.27. The first-order valence-electron chi connectivity index (χ1n) is 11.5. The molecule has 0 atom stereocenters. The lowest BCUT2D eigenvalue weighted by Gasteiger charge is -2.22. The van der Waals surface area contributed by atoms with Gasteiger partial charge in [-0.15, -0.1) is 0 Å². The lowest BCUT2D eigenvalue weighted by molar-refractivity contribution is -0.146. The fraction of sp³-hybridized carbons (Fsp3) is 0.276. The predicted molar refractivity (Wildman–Crippen MR) is 138 cm³/mol. The molecular formula is C29H30ClNO3. The minimum atomic E-state index is -0.970. The summed E-state index contributed by atoms with van der Waals surface area (Å²) in [6, 6.07) is 23.8. The Morgan fingerprint density at radius 3 is 2.32 bits per heavy atom. The van der Waals surface area contributed by atoms with E-state index in [0.717, 1.165) is 27.9 Å². The monoisotopic (exact) mass is 475 g/mol. The molecule has 0 saturated heterocycles. The molecule has 0 aliphatic rings. The molecule has 4 nitrogen and oxygen atoms in total. The van der Waals surface area contributed by atoms with E-state index in [2.05, 4.69) is 36.6 Å². The zero-order valence-electron chi connectivity index (χ0n) is 20.0. The maximum atomic E-state index is 12.1. The van der Waals surface area contributed by atoms with Crippen molar-refractivity contribution in [3.8, 4) is 11.5 Å². The second-order valence-electron chi connectivity index (χ2n) is 9.70. The van der Waals surface area contributed by atoms with Crippen molar-refractivity contribution in [1.82, 2.24) is 4.57 Å². The van der Waals surface area contributed by atoms with E-state index in [1.54, 1.807) is 13.8 Å². The van der Waals surface area contributed by atoms with Gasteiger partial charge in [0.2, 0.25) is 0 Å². The van der Waals surface area contributed by atoms with E-state index in [1.807, 2.05) is 54.6 Å². The van der Waals surface area contributed by atoms with Gasteiger partial charge in [-0.2, -0.15) is 0 Å². The highest BCUT2D eigenvalue weighted by molar-refractivity contribution is 6.30. The Morgan fingerprint density at radius 2 is 1.71 bits per heavy atom. The molecule has 0 fully saturated rings. The number of fused-ring (bicyclic) bond motifs is 1. The molecule has 0 spiro atoms. The summed E-state index contributed by atoms with van der Waals surface area (Å²) in [4.78, 5) is 12.1. The highest BCUT2D eigenvalue weighted by atomic mass is 35.5. The summed E-state index contributed by atoms with van der Waals surface area (Å²) in [6.45, 7) is 8.42. The summed E-state index contributed by atoms with van der Waals surface area (Å²) in [5.41, 5.74) is 3.19. The van der Waals surface area contributed by atoms with E-state index in [-0.39, 0.29) is 0 Å². The van der Waals surface area contributed by atoms with E-state index in [9.17, 15) is 9.90 Å². The van der Waals surface area contributed by atoms with Gasteiger partial charge in [0.1, 0.15) is 5.75 Å². The zero-order chi connectivity index (χ0) is 24.5. The van der Waals surface area contributed by atoms with Gasteiger partial charge in [0.15, 0.2) is 5.75 Å². The highest BCUT2D eigenvalue weighted by Crippen LogP contribution is 2.41. The summed E-state index contributed by atoms with van der Waals surface area (Å²) in [5.74, 6) is 0.946. The number of halogens is 1. The Morgan fingerprint density at radius 1 is 1.03 bits per heavy atom. The van der Waals surface area contributed by atoms with Crippen LogP contribution in [0.3, 0.4) is 0 Å². The smallest absolute Gasteiger partial charge is 0.309 e. The Kier molecular flexibility index (Phi) is 6.72. The van der Waals surface area contributed by atoms with Crippen LogP contribution in [0.4, 0.5) is 0 Å². The van der Waals surface area contributed by atoms with Crippen molar-refractivity contribution in [3.05, 3.63) is 94.6 Å². The van der Waals surface area contributed by atoms with Crippen LogP contribution < -0.4 is 4.74 Å². The van der Waals surface area contributed by atoms with Gasteiger partial charge >= 0.3 is 5.97 Å². The largest absolute Gasteiger partial charge is 0.481 e. The SMILES string of the molecule is CC(C)c1ccc2c(c1)c(Oc1ccccc1)c(CC(C)(C)C(=O)O)n2Cc1ccc(Cl)cc1. The highest BCUT2D eigenvalue weighted by Gasteiger charge is 2.32. The topological polar surface area (TPSA) is 51.5 Å². The molecule has 176 valence electrons. The van der Waals surface area contributed by atoms with Gasteiger partial charge < -0.3 is 14.4 Å². The number of hydrogen-bond acceptors (Lipinski definition) is 2. The molecule has 0 bridgehead atoms. The van der Waals surface area contributed by atoms with Crippen LogP contribution in [0.2, 0.25) is 5.02 Å². The molecule has 4 aromatic rings. The average molecular weight is 476 g/mol. The van der Waals surface area contributed by atoms with Gasteiger partial charge in [-0.25, -0.2) is 0 Å². The van der Waals surface area contributed by atoms with Crippen LogP contribution in [0, 0.1) is 5.41 Å². The zero-order valence-corrected chi connectivity index (χ0v) is 20.8. The molecular weight excluding hydrogens is 446 g/mol. The molecule has 4 rings (SSSR count). The molecule has 0 aliphatic carbocycles. The molecule has 0 amide bonds.